The molecular weight excluding hydrogens is 354 g/mol. The molecule has 1 aliphatic carbocycles. The van der Waals surface area contributed by atoms with Crippen LogP contribution in [-0.4, -0.2) is 25.0 Å². The second-order valence-corrected chi connectivity index (χ2v) is 7.47. The Hall–Kier alpha value is -2.30. The molecule has 1 fully saturated rings. The van der Waals surface area contributed by atoms with E-state index in [9.17, 15) is 9.59 Å². The summed E-state index contributed by atoms with van der Waals surface area (Å²) in [6.45, 7) is 5.78. The second kappa shape index (κ2) is 10.9. The fourth-order valence-corrected chi connectivity index (χ4v) is 3.77. The molecule has 0 radical (unpaired) electrons. The number of amides is 1. The molecule has 5 nitrogen and oxygen atoms in total. The first-order chi connectivity index (χ1) is 13.4. The zero-order valence-electron chi connectivity index (χ0n) is 17.5. The van der Waals surface area contributed by atoms with Crippen LogP contribution in [0.3, 0.4) is 0 Å². The zero-order valence-corrected chi connectivity index (χ0v) is 17.5. The van der Waals surface area contributed by atoms with Gasteiger partial charge < -0.3 is 14.8 Å². The first-order valence-corrected chi connectivity index (χ1v) is 10.3. The van der Waals surface area contributed by atoms with Gasteiger partial charge in [0.2, 0.25) is 5.91 Å². The molecule has 0 spiro atoms. The fraction of sp³-hybridized carbons (Fsp3) is 0.565. The normalized spacial score (nSPS) is 18.9. The van der Waals surface area contributed by atoms with Gasteiger partial charge in [0.05, 0.1) is 13.5 Å². The molecule has 0 saturated heterocycles. The highest BCUT2D eigenvalue weighted by molar-refractivity contribution is 5.79. The molecule has 0 aliphatic heterocycles. The molecule has 0 heterocycles. The molecule has 1 saturated carbocycles. The van der Waals surface area contributed by atoms with Crippen molar-refractivity contribution < 1.29 is 19.1 Å². The van der Waals surface area contributed by atoms with E-state index in [-0.39, 0.29) is 18.4 Å². The van der Waals surface area contributed by atoms with Crippen LogP contribution in [0.15, 0.2) is 29.8 Å². The number of carbonyl (C=O) groups excluding carboxylic acids is 2. The number of hydrogen-bond acceptors (Lipinski definition) is 4. The molecule has 154 valence electrons. The molecule has 1 aromatic carbocycles. The maximum absolute atomic E-state index is 12.4. The van der Waals surface area contributed by atoms with Gasteiger partial charge in [-0.3, -0.25) is 9.59 Å². The highest BCUT2D eigenvalue weighted by atomic mass is 16.6. The van der Waals surface area contributed by atoms with Crippen LogP contribution >= 0.6 is 0 Å². The van der Waals surface area contributed by atoms with Gasteiger partial charge in [-0.15, -0.1) is 0 Å². The van der Waals surface area contributed by atoms with E-state index >= 15 is 0 Å². The summed E-state index contributed by atoms with van der Waals surface area (Å²) in [7, 11) is 1.52. The van der Waals surface area contributed by atoms with E-state index in [2.05, 4.69) is 25.2 Å². The molecule has 0 bridgehead atoms. The standard InChI is InChI=1S/C23H33NO4/c1-5-17(6-2)13-18-7-10-20(11-8-18)24-23(26)15-19-9-12-21(28-16(3)25)22(14-19)27-4/h9,12-14,18,20H,5-8,10-11,15H2,1-4H3,(H,24,26). The third-order valence-corrected chi connectivity index (χ3v) is 5.36. The van der Waals surface area contributed by atoms with Gasteiger partial charge in [0.1, 0.15) is 0 Å². The number of ether oxygens (including phenoxy) is 2. The van der Waals surface area contributed by atoms with Crippen molar-refractivity contribution in [2.24, 2.45) is 5.92 Å². The van der Waals surface area contributed by atoms with Crippen molar-refractivity contribution in [3.63, 3.8) is 0 Å². The van der Waals surface area contributed by atoms with Crippen LogP contribution in [0.5, 0.6) is 11.5 Å². The quantitative estimate of drug-likeness (QED) is 0.403. The van der Waals surface area contributed by atoms with Crippen molar-refractivity contribution >= 4 is 11.9 Å². The minimum absolute atomic E-state index is 0.0177. The van der Waals surface area contributed by atoms with Crippen LogP contribution in [0, 0.1) is 5.92 Å². The Bertz CT molecular complexity index is 697. The molecule has 1 aliphatic rings. The van der Waals surface area contributed by atoms with Gasteiger partial charge in [-0.2, -0.15) is 0 Å². The van der Waals surface area contributed by atoms with Gasteiger partial charge in [-0.25, -0.2) is 0 Å². The van der Waals surface area contributed by atoms with Gasteiger partial charge in [0.25, 0.3) is 0 Å². The summed E-state index contributed by atoms with van der Waals surface area (Å²) >= 11 is 0. The number of nitrogens with one attached hydrogen (secondary N) is 1. The Morgan fingerprint density at radius 3 is 2.36 bits per heavy atom. The van der Waals surface area contributed by atoms with E-state index in [0.717, 1.165) is 44.1 Å². The molecule has 0 aromatic heterocycles. The average Bonchev–Trinajstić information content (AvgIpc) is 2.68. The Balaban J connectivity index is 1.86. The molecule has 1 N–H and O–H groups in total. The van der Waals surface area contributed by atoms with Crippen molar-refractivity contribution in [1.82, 2.24) is 5.32 Å². The largest absolute Gasteiger partial charge is 0.493 e. The number of esters is 1. The topological polar surface area (TPSA) is 64.6 Å². The number of hydrogen-bond donors (Lipinski definition) is 1. The van der Waals surface area contributed by atoms with Crippen LogP contribution in [0.2, 0.25) is 0 Å². The van der Waals surface area contributed by atoms with E-state index in [1.54, 1.807) is 23.8 Å². The van der Waals surface area contributed by atoms with Crippen LogP contribution in [0.1, 0.15) is 64.9 Å². The smallest absolute Gasteiger partial charge is 0.308 e. The van der Waals surface area contributed by atoms with Crippen molar-refractivity contribution in [3.05, 3.63) is 35.4 Å². The van der Waals surface area contributed by atoms with Crippen LogP contribution in [-0.2, 0) is 16.0 Å². The predicted octanol–water partition coefficient (Wildman–Crippen LogP) is 4.58. The predicted molar refractivity (Wildman–Crippen MR) is 111 cm³/mol. The zero-order chi connectivity index (χ0) is 20.5. The third kappa shape index (κ3) is 6.70. The van der Waals surface area contributed by atoms with E-state index in [0.29, 0.717) is 17.4 Å². The third-order valence-electron chi connectivity index (χ3n) is 5.36. The van der Waals surface area contributed by atoms with E-state index in [1.807, 2.05) is 0 Å². The van der Waals surface area contributed by atoms with Gasteiger partial charge in [-0.05, 0) is 62.1 Å². The van der Waals surface area contributed by atoms with E-state index in [1.165, 1.54) is 14.0 Å². The van der Waals surface area contributed by atoms with Crippen molar-refractivity contribution in [3.8, 4) is 11.5 Å². The summed E-state index contributed by atoms with van der Waals surface area (Å²) in [6, 6.07) is 5.46. The lowest BCUT2D eigenvalue weighted by Crippen LogP contribution is -2.38. The van der Waals surface area contributed by atoms with Gasteiger partial charge in [-0.1, -0.05) is 31.6 Å². The van der Waals surface area contributed by atoms with E-state index < -0.39 is 5.97 Å². The minimum Gasteiger partial charge on any atom is -0.493 e. The van der Waals surface area contributed by atoms with Crippen molar-refractivity contribution in [1.29, 1.82) is 0 Å². The minimum atomic E-state index is -0.403. The summed E-state index contributed by atoms with van der Waals surface area (Å²) in [5, 5.41) is 3.17. The van der Waals surface area contributed by atoms with Crippen LogP contribution < -0.4 is 14.8 Å². The number of allylic oxidation sites excluding steroid dienone is 2. The molecule has 0 atom stereocenters. The van der Waals surface area contributed by atoms with E-state index in [4.69, 9.17) is 9.47 Å². The van der Waals surface area contributed by atoms with Crippen LogP contribution in [0.25, 0.3) is 0 Å². The lowest BCUT2D eigenvalue weighted by atomic mass is 9.84. The summed E-state index contributed by atoms with van der Waals surface area (Å²) in [4.78, 5) is 23.6. The van der Waals surface area contributed by atoms with Gasteiger partial charge >= 0.3 is 5.97 Å². The number of rotatable bonds is 8. The summed E-state index contributed by atoms with van der Waals surface area (Å²) < 4.78 is 10.4. The first kappa shape index (κ1) is 22.0. The Kier molecular flexibility index (Phi) is 8.55. The van der Waals surface area contributed by atoms with Crippen LogP contribution in [0.4, 0.5) is 0 Å². The molecular formula is C23H33NO4. The number of methoxy groups -OCH3 is 1. The fourth-order valence-electron chi connectivity index (χ4n) is 3.77. The maximum Gasteiger partial charge on any atom is 0.308 e. The Labute approximate surface area is 168 Å². The SMILES string of the molecule is CCC(=CC1CCC(NC(=O)Cc2ccc(OC(C)=O)c(OC)c2)CC1)CC. The lowest BCUT2D eigenvalue weighted by Gasteiger charge is -2.28. The summed E-state index contributed by atoms with van der Waals surface area (Å²) in [5.41, 5.74) is 2.37. The molecule has 5 heteroatoms. The maximum atomic E-state index is 12.4. The summed E-state index contributed by atoms with van der Waals surface area (Å²) in [6.07, 6.45) is 9.34. The number of benzene rings is 1. The highest BCUT2D eigenvalue weighted by Gasteiger charge is 2.21. The second-order valence-electron chi connectivity index (χ2n) is 7.47. The summed E-state index contributed by atoms with van der Waals surface area (Å²) in [5.74, 6) is 1.09. The molecule has 1 amide bonds. The van der Waals surface area contributed by atoms with Crippen molar-refractivity contribution in [2.75, 3.05) is 7.11 Å². The highest BCUT2D eigenvalue weighted by Crippen LogP contribution is 2.29. The lowest BCUT2D eigenvalue weighted by molar-refractivity contribution is -0.132. The van der Waals surface area contributed by atoms with Gasteiger partial charge in [0.15, 0.2) is 11.5 Å². The number of carbonyl (C=O) groups is 2. The monoisotopic (exact) mass is 387 g/mol. The first-order valence-electron chi connectivity index (χ1n) is 10.3. The van der Waals surface area contributed by atoms with Gasteiger partial charge in [0, 0.05) is 13.0 Å². The molecule has 28 heavy (non-hydrogen) atoms. The molecule has 0 unspecified atom stereocenters. The Morgan fingerprint density at radius 1 is 1.11 bits per heavy atom. The molecule has 1 aromatic rings. The van der Waals surface area contributed by atoms with Crippen molar-refractivity contribution in [2.45, 2.75) is 71.8 Å². The molecule has 2 rings (SSSR count). The average molecular weight is 388 g/mol. The Morgan fingerprint density at radius 2 is 1.79 bits per heavy atom.